The van der Waals surface area contributed by atoms with Gasteiger partial charge in [0.05, 0.1) is 29.9 Å². The van der Waals surface area contributed by atoms with Gasteiger partial charge in [-0.1, -0.05) is 116 Å². The van der Waals surface area contributed by atoms with Crippen LogP contribution in [0.1, 0.15) is 72.6 Å². The maximum Gasteiger partial charge on any atom is 0.530 e. The van der Waals surface area contributed by atoms with E-state index in [1.807, 2.05) is 96.4 Å². The number of nitrogens with zero attached hydrogens (tertiary/aromatic N) is 1. The summed E-state index contributed by atoms with van der Waals surface area (Å²) in [7, 11) is -4.32. The molecule has 1 aromatic heterocycles. The van der Waals surface area contributed by atoms with Gasteiger partial charge in [0.2, 0.25) is 5.78 Å². The number of hydrogen-bond acceptors (Lipinski definition) is 6. The summed E-state index contributed by atoms with van der Waals surface area (Å²) in [5.41, 5.74) is 4.94. The van der Waals surface area contributed by atoms with E-state index in [1.165, 1.54) is 6.07 Å². The Morgan fingerprint density at radius 2 is 1.36 bits per heavy atom. The summed E-state index contributed by atoms with van der Waals surface area (Å²) in [6.07, 6.45) is 0. The van der Waals surface area contributed by atoms with Crippen LogP contribution < -0.4 is 4.52 Å². The molecule has 0 saturated heterocycles. The average molecular weight is 624 g/mol. The summed E-state index contributed by atoms with van der Waals surface area (Å²) in [5.74, 6) is -1.05. The monoisotopic (exact) mass is 623 g/mol. The Labute approximate surface area is 259 Å². The van der Waals surface area contributed by atoms with Gasteiger partial charge in [0.25, 0.3) is 0 Å². The lowest BCUT2D eigenvalue weighted by Crippen LogP contribution is -2.23. The molecule has 1 aliphatic carbocycles. The first-order valence-electron chi connectivity index (χ1n) is 14.2. The molecule has 4 aromatic carbocycles. The topological polar surface area (TPSA) is 83.8 Å². The van der Waals surface area contributed by atoms with Crippen molar-refractivity contribution in [1.82, 2.24) is 4.57 Å². The molecule has 220 valence electrons. The molecule has 0 amide bonds. The molecular formula is C35H27ClNO6P. The Balaban J connectivity index is 1.26. The number of aromatic nitrogens is 1. The van der Waals surface area contributed by atoms with Crippen LogP contribution in [-0.2, 0) is 33.4 Å². The lowest BCUT2D eigenvalue weighted by atomic mass is 9.81. The van der Waals surface area contributed by atoms with Crippen molar-refractivity contribution in [1.29, 1.82) is 0 Å². The lowest BCUT2D eigenvalue weighted by molar-refractivity contribution is 0.0975. The molecule has 7 nitrogen and oxygen atoms in total. The number of halogens is 1. The molecule has 0 radical (unpaired) electrons. The predicted octanol–water partition coefficient (Wildman–Crippen LogP) is 8.35. The molecule has 44 heavy (non-hydrogen) atoms. The maximum absolute atomic E-state index is 14.2. The summed E-state index contributed by atoms with van der Waals surface area (Å²) < 4.78 is 33.6. The third-order valence-corrected chi connectivity index (χ3v) is 9.83. The van der Waals surface area contributed by atoms with Crippen LogP contribution in [0.2, 0.25) is 5.15 Å². The smallest absolute Gasteiger partial charge is 0.403 e. The molecule has 0 N–H and O–H groups in total. The van der Waals surface area contributed by atoms with E-state index in [-0.39, 0.29) is 52.5 Å². The Hall–Kier alpha value is -4.26. The van der Waals surface area contributed by atoms with Crippen LogP contribution in [-0.4, -0.2) is 16.1 Å². The molecule has 1 unspecified atom stereocenters. The Kier molecular flexibility index (Phi) is 7.35. The zero-order chi connectivity index (χ0) is 30.4. The second kappa shape index (κ2) is 11.3. The van der Waals surface area contributed by atoms with Gasteiger partial charge in [-0.15, -0.1) is 0 Å². The molecule has 0 saturated carbocycles. The standard InChI is InChI=1S/C35H27ClNO6P/c1-22-26-16-9-8-15-25(26)19-37-32(22)30-31(35(37)36)34(39)29-27(33(30)38)17-10-18-28(29)43-44(40,41-20-23-11-4-2-5-12-23)42-21-24-13-6-3-7-14-24/h2-18,22H,19-21H2,1H3. The van der Waals surface area contributed by atoms with Crippen molar-refractivity contribution in [3.8, 4) is 5.75 Å². The van der Waals surface area contributed by atoms with Crippen molar-refractivity contribution in [3.05, 3.63) is 158 Å². The minimum absolute atomic E-state index is 0.0214. The van der Waals surface area contributed by atoms with Crippen LogP contribution in [0.5, 0.6) is 5.75 Å². The van der Waals surface area contributed by atoms with Gasteiger partial charge < -0.3 is 9.09 Å². The van der Waals surface area contributed by atoms with Crippen LogP contribution in [0.3, 0.4) is 0 Å². The fourth-order valence-electron chi connectivity index (χ4n) is 6.02. The zero-order valence-corrected chi connectivity index (χ0v) is 25.4. The molecule has 2 aliphatic rings. The largest absolute Gasteiger partial charge is 0.530 e. The highest BCUT2D eigenvalue weighted by Crippen LogP contribution is 2.53. The van der Waals surface area contributed by atoms with Crippen molar-refractivity contribution in [2.45, 2.75) is 32.6 Å². The average Bonchev–Trinajstić information content (AvgIpc) is 3.35. The van der Waals surface area contributed by atoms with Crippen molar-refractivity contribution in [2.75, 3.05) is 0 Å². The first-order chi connectivity index (χ1) is 21.3. The quantitative estimate of drug-likeness (QED) is 0.158. The maximum atomic E-state index is 14.2. The number of phosphoric acid groups is 1. The van der Waals surface area contributed by atoms with Crippen LogP contribution in [0, 0.1) is 0 Å². The second-order valence-electron chi connectivity index (χ2n) is 10.8. The third-order valence-electron chi connectivity index (χ3n) is 8.13. The summed E-state index contributed by atoms with van der Waals surface area (Å²) in [6, 6.07) is 31.0. The minimum Gasteiger partial charge on any atom is -0.403 e. The van der Waals surface area contributed by atoms with Gasteiger partial charge in [0.1, 0.15) is 10.9 Å². The number of benzene rings is 4. The van der Waals surface area contributed by atoms with Crippen LogP contribution in [0.25, 0.3) is 0 Å². The van der Waals surface area contributed by atoms with E-state index in [2.05, 4.69) is 0 Å². The lowest BCUT2D eigenvalue weighted by Gasteiger charge is -2.27. The van der Waals surface area contributed by atoms with Crippen molar-refractivity contribution in [2.24, 2.45) is 0 Å². The molecule has 0 spiro atoms. The van der Waals surface area contributed by atoms with Gasteiger partial charge in [-0.2, -0.15) is 0 Å². The highest BCUT2D eigenvalue weighted by atomic mass is 35.5. The molecular weight excluding hydrogens is 597 g/mol. The summed E-state index contributed by atoms with van der Waals surface area (Å²) in [5, 5.41) is 0.194. The van der Waals surface area contributed by atoms with E-state index in [9.17, 15) is 14.2 Å². The number of phosphoric ester groups is 1. The summed E-state index contributed by atoms with van der Waals surface area (Å²) in [6.45, 7) is 2.33. The van der Waals surface area contributed by atoms with Gasteiger partial charge in [-0.25, -0.2) is 4.57 Å². The van der Waals surface area contributed by atoms with Gasteiger partial charge in [0, 0.05) is 23.7 Å². The van der Waals surface area contributed by atoms with Gasteiger partial charge >= 0.3 is 7.82 Å². The van der Waals surface area contributed by atoms with E-state index < -0.39 is 13.6 Å². The number of carbonyl (C=O) groups excluding carboxylic acids is 2. The number of hydrogen-bond donors (Lipinski definition) is 0. The highest BCUT2D eigenvalue weighted by molar-refractivity contribution is 7.48. The molecule has 7 rings (SSSR count). The number of ketones is 2. The highest BCUT2D eigenvalue weighted by Gasteiger charge is 2.43. The molecule has 0 bridgehead atoms. The molecule has 9 heteroatoms. The van der Waals surface area contributed by atoms with E-state index in [0.717, 1.165) is 22.3 Å². The Morgan fingerprint density at radius 3 is 2.02 bits per heavy atom. The SMILES string of the molecule is CC1c2ccccc2Cn2c(Cl)c3c(c21)C(=O)c1cccc(OP(=O)(OCc2ccccc2)OCc2ccccc2)c1C3=O. The predicted molar refractivity (Wildman–Crippen MR) is 167 cm³/mol. The van der Waals surface area contributed by atoms with Crippen LogP contribution in [0.4, 0.5) is 0 Å². The fraction of sp³-hybridized carbons (Fsp3) is 0.143. The number of rotatable bonds is 8. The third kappa shape index (κ3) is 4.92. The number of fused-ring (bicyclic) bond motifs is 5. The zero-order valence-electron chi connectivity index (χ0n) is 23.7. The normalized spacial score (nSPS) is 15.3. The minimum atomic E-state index is -4.32. The molecule has 0 fully saturated rings. The van der Waals surface area contributed by atoms with E-state index in [1.54, 1.807) is 12.1 Å². The fourth-order valence-corrected chi connectivity index (χ4v) is 7.54. The first kappa shape index (κ1) is 28.5. The van der Waals surface area contributed by atoms with Gasteiger partial charge in [0.15, 0.2) is 5.78 Å². The van der Waals surface area contributed by atoms with E-state index >= 15 is 0 Å². The van der Waals surface area contributed by atoms with E-state index in [4.69, 9.17) is 25.2 Å². The van der Waals surface area contributed by atoms with Crippen molar-refractivity contribution >= 4 is 31.0 Å². The second-order valence-corrected chi connectivity index (χ2v) is 12.8. The number of carbonyl (C=O) groups is 2. The first-order valence-corrected chi connectivity index (χ1v) is 16.1. The van der Waals surface area contributed by atoms with Gasteiger partial charge in [-0.3, -0.25) is 18.6 Å². The molecule has 1 atom stereocenters. The van der Waals surface area contributed by atoms with Gasteiger partial charge in [-0.05, 0) is 28.3 Å². The Bertz CT molecular complexity index is 1920. The molecule has 2 heterocycles. The summed E-state index contributed by atoms with van der Waals surface area (Å²) >= 11 is 6.88. The molecule has 5 aromatic rings. The van der Waals surface area contributed by atoms with E-state index in [0.29, 0.717) is 17.8 Å². The van der Waals surface area contributed by atoms with Crippen molar-refractivity contribution in [3.63, 3.8) is 0 Å². The van der Waals surface area contributed by atoms with Crippen LogP contribution >= 0.6 is 19.4 Å². The summed E-state index contributed by atoms with van der Waals surface area (Å²) in [4.78, 5) is 28.4. The van der Waals surface area contributed by atoms with Crippen LogP contribution in [0.15, 0.2) is 103 Å². The Morgan fingerprint density at radius 1 is 0.750 bits per heavy atom. The van der Waals surface area contributed by atoms with Crippen molar-refractivity contribution < 1.29 is 27.7 Å². The molecule has 1 aliphatic heterocycles.